The molecule has 3 heteroatoms. The average Bonchev–Trinajstić information content (AvgIpc) is 3.80. The lowest BCUT2D eigenvalue weighted by atomic mass is 9.70. The summed E-state index contributed by atoms with van der Waals surface area (Å²) < 4.78 is 1.90. The largest absolute Gasteiger partial charge is 0.268 e. The van der Waals surface area contributed by atoms with Gasteiger partial charge < -0.3 is 0 Å². The Morgan fingerprint density at radius 1 is 0.553 bits per heavy atom. The van der Waals surface area contributed by atoms with Crippen molar-refractivity contribution in [1.29, 1.82) is 0 Å². The van der Waals surface area contributed by atoms with Gasteiger partial charge in [0.25, 0.3) is 5.56 Å². The Morgan fingerprint density at radius 2 is 1.11 bits per heavy atom. The van der Waals surface area contributed by atoms with E-state index in [1.807, 2.05) is 16.5 Å². The fourth-order valence-corrected chi connectivity index (χ4v) is 9.59. The molecule has 0 N–H and O–H groups in total. The number of hydrogen-bond donors (Lipinski definition) is 0. The van der Waals surface area contributed by atoms with Crippen LogP contribution in [-0.2, 0) is 10.8 Å². The Kier molecular flexibility index (Phi) is 4.49. The molecule has 0 amide bonds. The van der Waals surface area contributed by atoms with E-state index in [1.54, 1.807) is 0 Å². The molecule has 2 heterocycles. The maximum atomic E-state index is 14.8. The minimum Gasteiger partial charge on any atom is -0.268 e. The Labute approximate surface area is 271 Å². The first-order chi connectivity index (χ1) is 23.0. The summed E-state index contributed by atoms with van der Waals surface area (Å²) in [6.07, 6.45) is 0. The predicted octanol–water partition coefficient (Wildman–Crippen LogP) is 9.60. The van der Waals surface area contributed by atoms with Crippen LogP contribution in [0.5, 0.6) is 0 Å². The Bertz CT molecular complexity index is 2680. The minimum absolute atomic E-state index is 0.00396. The van der Waals surface area contributed by atoms with Gasteiger partial charge in [-0.05, 0) is 73.3 Å². The van der Waals surface area contributed by atoms with E-state index >= 15 is 0 Å². The summed E-state index contributed by atoms with van der Waals surface area (Å²) >= 11 is 0. The van der Waals surface area contributed by atoms with Crippen molar-refractivity contribution < 1.29 is 0 Å². The smallest absolute Gasteiger partial charge is 0.265 e. The van der Waals surface area contributed by atoms with Crippen molar-refractivity contribution in [2.24, 2.45) is 0 Å². The molecule has 0 atom stereocenters. The van der Waals surface area contributed by atoms with Crippen molar-refractivity contribution in [2.45, 2.75) is 24.7 Å². The Hall–Kier alpha value is -5.80. The zero-order valence-electron chi connectivity index (χ0n) is 26.0. The van der Waals surface area contributed by atoms with E-state index in [9.17, 15) is 4.79 Å². The number of para-hydroxylation sites is 1. The summed E-state index contributed by atoms with van der Waals surface area (Å²) in [5.74, 6) is 0.694. The second kappa shape index (κ2) is 8.31. The Morgan fingerprint density at radius 3 is 1.74 bits per heavy atom. The molecule has 220 valence electrons. The molecule has 0 saturated heterocycles. The second-order valence-electron chi connectivity index (χ2n) is 13.8. The molecule has 1 spiro atoms. The first-order valence-corrected chi connectivity index (χ1v) is 16.4. The van der Waals surface area contributed by atoms with Crippen molar-refractivity contribution in [3.05, 3.63) is 177 Å². The molecule has 3 aliphatic rings. The van der Waals surface area contributed by atoms with Crippen molar-refractivity contribution in [3.8, 4) is 44.8 Å². The third-order valence-corrected chi connectivity index (χ3v) is 11.4. The number of fused-ring (bicyclic) bond motifs is 14. The summed E-state index contributed by atoms with van der Waals surface area (Å²) in [4.78, 5) is 20.1. The molecule has 0 radical (unpaired) electrons. The normalized spacial score (nSPS) is 15.4. The fourth-order valence-electron chi connectivity index (χ4n) is 9.59. The van der Waals surface area contributed by atoms with Gasteiger partial charge in [0.2, 0.25) is 0 Å². The van der Waals surface area contributed by atoms with Gasteiger partial charge in [0, 0.05) is 16.4 Å². The highest BCUT2D eigenvalue weighted by atomic mass is 16.1. The summed E-state index contributed by atoms with van der Waals surface area (Å²) in [6.45, 7) is 4.48. The summed E-state index contributed by atoms with van der Waals surface area (Å²) in [6, 6.07) is 48.0. The van der Waals surface area contributed by atoms with Crippen molar-refractivity contribution in [3.63, 3.8) is 0 Å². The van der Waals surface area contributed by atoms with E-state index in [0.717, 1.165) is 38.7 Å². The lowest BCUT2D eigenvalue weighted by molar-refractivity contribution is 0.665. The molecule has 0 aliphatic heterocycles. The van der Waals surface area contributed by atoms with E-state index in [2.05, 4.69) is 135 Å². The number of benzene rings is 6. The van der Waals surface area contributed by atoms with Crippen LogP contribution in [0.2, 0.25) is 0 Å². The van der Waals surface area contributed by atoms with Gasteiger partial charge in [-0.15, -0.1) is 0 Å². The number of imidazole rings is 1. The van der Waals surface area contributed by atoms with Gasteiger partial charge in [-0.2, -0.15) is 0 Å². The molecule has 0 unspecified atom stereocenters. The van der Waals surface area contributed by atoms with Crippen LogP contribution in [-0.4, -0.2) is 9.38 Å². The zero-order chi connectivity index (χ0) is 31.2. The predicted molar refractivity (Wildman–Crippen MR) is 189 cm³/mol. The van der Waals surface area contributed by atoms with Crippen LogP contribution in [0, 0.1) is 0 Å². The standard InChI is InChI=1S/C44H28N2O/c1-43(2)32-17-7-6-15-30(32)38-39(43)31-16-11-21-37-40(31)46(42(38)47)41(45-37)25-22-23-29-28-14-5-10-20-35(28)44(36(29)24-25)33-18-8-3-12-26(33)27-13-4-9-19-34(27)44/h3-24H,1-2H3. The molecule has 3 nitrogen and oxygen atoms in total. The summed E-state index contributed by atoms with van der Waals surface area (Å²) in [5.41, 5.74) is 16.3. The van der Waals surface area contributed by atoms with Crippen LogP contribution < -0.4 is 5.56 Å². The van der Waals surface area contributed by atoms with Gasteiger partial charge in [0.05, 0.1) is 22.0 Å². The van der Waals surface area contributed by atoms with Gasteiger partial charge in [0.1, 0.15) is 5.82 Å². The Balaban J connectivity index is 1.25. The third kappa shape index (κ3) is 2.78. The number of aromatic nitrogens is 2. The molecule has 8 aromatic rings. The van der Waals surface area contributed by atoms with Gasteiger partial charge in [-0.3, -0.25) is 9.20 Å². The first-order valence-electron chi connectivity index (χ1n) is 16.4. The van der Waals surface area contributed by atoms with Crippen LogP contribution in [0.25, 0.3) is 61.2 Å². The second-order valence-corrected chi connectivity index (χ2v) is 13.8. The highest BCUT2D eigenvalue weighted by Crippen LogP contribution is 2.63. The van der Waals surface area contributed by atoms with Gasteiger partial charge >= 0.3 is 0 Å². The van der Waals surface area contributed by atoms with Crippen LogP contribution in [0.4, 0.5) is 0 Å². The lowest BCUT2D eigenvalue weighted by Gasteiger charge is -2.30. The van der Waals surface area contributed by atoms with Gasteiger partial charge in [-0.25, -0.2) is 4.98 Å². The molecular weight excluding hydrogens is 572 g/mol. The van der Waals surface area contributed by atoms with Crippen molar-refractivity contribution >= 4 is 16.4 Å². The van der Waals surface area contributed by atoms with Crippen LogP contribution >= 0.6 is 0 Å². The highest BCUT2D eigenvalue weighted by molar-refractivity contribution is 6.04. The summed E-state index contributed by atoms with van der Waals surface area (Å²) in [7, 11) is 0. The molecule has 0 bridgehead atoms. The molecule has 2 aromatic heterocycles. The average molecular weight is 601 g/mol. The SMILES string of the molecule is CC1(C)c2ccccc2-c2c1c1cccc3nc(-c4ccc5c(c4)C4(c6ccccc6-c6ccccc64)c4ccccc4-5)n(c2=O)c31. The van der Waals surface area contributed by atoms with E-state index in [-0.39, 0.29) is 11.0 Å². The number of pyridine rings is 1. The van der Waals surface area contributed by atoms with Crippen molar-refractivity contribution in [1.82, 2.24) is 9.38 Å². The molecule has 0 fully saturated rings. The highest BCUT2D eigenvalue weighted by Gasteiger charge is 2.51. The van der Waals surface area contributed by atoms with E-state index < -0.39 is 5.41 Å². The van der Waals surface area contributed by atoms with Crippen LogP contribution in [0.1, 0.15) is 47.2 Å². The fraction of sp³-hybridized carbons (Fsp3) is 0.0909. The molecule has 47 heavy (non-hydrogen) atoms. The molecule has 6 aromatic carbocycles. The lowest BCUT2D eigenvalue weighted by Crippen LogP contribution is -2.26. The van der Waals surface area contributed by atoms with Crippen LogP contribution in [0.15, 0.2) is 138 Å². The molecule has 11 rings (SSSR count). The zero-order valence-corrected chi connectivity index (χ0v) is 26.0. The molecule has 3 aliphatic carbocycles. The topological polar surface area (TPSA) is 34.4 Å². The van der Waals surface area contributed by atoms with E-state index in [4.69, 9.17) is 4.98 Å². The first kappa shape index (κ1) is 25.4. The number of hydrogen-bond acceptors (Lipinski definition) is 2. The van der Waals surface area contributed by atoms with Crippen molar-refractivity contribution in [2.75, 3.05) is 0 Å². The van der Waals surface area contributed by atoms with Gasteiger partial charge in [0.15, 0.2) is 0 Å². The molecular formula is C44H28N2O. The molecule has 0 saturated carbocycles. The number of rotatable bonds is 1. The van der Waals surface area contributed by atoms with Crippen LogP contribution in [0.3, 0.4) is 0 Å². The maximum absolute atomic E-state index is 14.8. The maximum Gasteiger partial charge on any atom is 0.265 e. The minimum atomic E-state index is -0.456. The monoisotopic (exact) mass is 600 g/mol. The van der Waals surface area contributed by atoms with Gasteiger partial charge in [-0.1, -0.05) is 135 Å². The van der Waals surface area contributed by atoms with E-state index in [1.165, 1.54) is 50.1 Å². The number of nitrogens with zero attached hydrogens (tertiary/aromatic N) is 2. The third-order valence-electron chi connectivity index (χ3n) is 11.4. The quantitative estimate of drug-likeness (QED) is 0.188. The van der Waals surface area contributed by atoms with E-state index in [0.29, 0.717) is 5.82 Å². The summed E-state index contributed by atoms with van der Waals surface area (Å²) in [5, 5.41) is 1.10.